The van der Waals surface area contributed by atoms with Crippen LogP contribution >= 0.6 is 0 Å². The highest BCUT2D eigenvalue weighted by Gasteiger charge is 2.32. The highest BCUT2D eigenvalue weighted by molar-refractivity contribution is 6.02. The number of aromatic nitrogens is 4. The predicted molar refractivity (Wildman–Crippen MR) is 170 cm³/mol. The quantitative estimate of drug-likeness (QED) is 0.287. The Hall–Kier alpha value is -4.20. The molecule has 2 unspecified atom stereocenters. The Balaban J connectivity index is 1.95. The molecule has 8 heteroatoms. The number of esters is 2. The first-order chi connectivity index (χ1) is 20.5. The van der Waals surface area contributed by atoms with E-state index < -0.39 is 5.97 Å². The molecule has 2 aliphatic rings. The molecule has 0 amide bonds. The Morgan fingerprint density at radius 1 is 0.860 bits per heavy atom. The molecule has 5 heterocycles. The Labute approximate surface area is 253 Å². The number of carbonyl (C=O) groups excluding carboxylic acids is 2. The molecule has 0 aliphatic carbocycles. The van der Waals surface area contributed by atoms with Crippen LogP contribution in [0, 0.1) is 20.8 Å². The van der Waals surface area contributed by atoms with Crippen LogP contribution in [-0.4, -0.2) is 46.1 Å². The minimum Gasteiger partial charge on any atom is -0.469 e. The van der Waals surface area contributed by atoms with Gasteiger partial charge in [-0.1, -0.05) is 33.4 Å². The normalized spacial score (nSPS) is 19.7. The molecule has 8 bridgehead atoms. The second kappa shape index (κ2) is 11.8. The van der Waals surface area contributed by atoms with E-state index in [1.165, 1.54) is 14.2 Å². The third-order valence-corrected chi connectivity index (χ3v) is 9.59. The van der Waals surface area contributed by atoms with Crippen molar-refractivity contribution in [3.8, 4) is 0 Å². The van der Waals surface area contributed by atoms with Gasteiger partial charge in [0.15, 0.2) is 0 Å². The van der Waals surface area contributed by atoms with Crippen LogP contribution in [0.3, 0.4) is 0 Å². The first-order valence-electron chi connectivity index (χ1n) is 15.1. The van der Waals surface area contributed by atoms with Gasteiger partial charge in [-0.05, 0) is 68.5 Å². The van der Waals surface area contributed by atoms with Gasteiger partial charge < -0.3 is 19.4 Å². The number of nitrogens with one attached hydrogen (secondary N) is 2. The summed E-state index contributed by atoms with van der Waals surface area (Å²) >= 11 is 0. The third-order valence-electron chi connectivity index (χ3n) is 9.59. The second-order valence-electron chi connectivity index (χ2n) is 11.9. The van der Waals surface area contributed by atoms with Gasteiger partial charge in [0.1, 0.15) is 0 Å². The summed E-state index contributed by atoms with van der Waals surface area (Å²) in [6, 6.07) is 6.33. The van der Waals surface area contributed by atoms with E-state index in [1.54, 1.807) is 0 Å². The molecule has 226 valence electrons. The lowest BCUT2D eigenvalue weighted by Gasteiger charge is -2.16. The third kappa shape index (κ3) is 5.17. The fourth-order valence-electron chi connectivity index (χ4n) is 6.86. The van der Waals surface area contributed by atoms with E-state index in [9.17, 15) is 9.59 Å². The number of hydrogen-bond donors (Lipinski definition) is 2. The molecule has 0 saturated heterocycles. The molecule has 0 aromatic carbocycles. The molecule has 0 spiro atoms. The zero-order valence-corrected chi connectivity index (χ0v) is 26.5. The summed E-state index contributed by atoms with van der Waals surface area (Å²) in [5.74, 6) is -0.244. The van der Waals surface area contributed by atoms with E-state index in [4.69, 9.17) is 19.4 Å². The smallest absolute Gasteiger partial charge is 0.340 e. The van der Waals surface area contributed by atoms with Crippen LogP contribution in [0.15, 0.2) is 24.8 Å². The van der Waals surface area contributed by atoms with Gasteiger partial charge in [0.25, 0.3) is 0 Å². The first-order valence-corrected chi connectivity index (χ1v) is 15.1. The number of carbonyl (C=O) groups is 2. The van der Waals surface area contributed by atoms with Crippen molar-refractivity contribution < 1.29 is 19.1 Å². The Kier molecular flexibility index (Phi) is 8.32. The van der Waals surface area contributed by atoms with Gasteiger partial charge in [-0.3, -0.25) is 14.8 Å². The average molecular weight is 583 g/mol. The van der Waals surface area contributed by atoms with Crippen LogP contribution in [0.1, 0.15) is 119 Å². The van der Waals surface area contributed by atoms with Gasteiger partial charge in [-0.2, -0.15) is 0 Å². The predicted octanol–water partition coefficient (Wildman–Crippen LogP) is 7.81. The van der Waals surface area contributed by atoms with Crippen LogP contribution < -0.4 is 0 Å². The molecule has 4 atom stereocenters. The van der Waals surface area contributed by atoms with E-state index >= 15 is 0 Å². The molecule has 0 radical (unpaired) electrons. The highest BCUT2D eigenvalue weighted by atomic mass is 16.5. The molecular formula is C35H42N4O4. The van der Waals surface area contributed by atoms with Gasteiger partial charge in [0.2, 0.25) is 0 Å². The van der Waals surface area contributed by atoms with Gasteiger partial charge in [-0.25, -0.2) is 4.79 Å². The maximum Gasteiger partial charge on any atom is 0.340 e. The summed E-state index contributed by atoms with van der Waals surface area (Å²) in [5, 5.41) is 0. The van der Waals surface area contributed by atoms with Gasteiger partial charge >= 0.3 is 11.9 Å². The van der Waals surface area contributed by atoms with Crippen molar-refractivity contribution >= 4 is 40.1 Å². The monoisotopic (exact) mass is 582 g/mol. The molecule has 2 N–H and O–H groups in total. The lowest BCUT2D eigenvalue weighted by molar-refractivity contribution is -0.140. The molecule has 2 aliphatic heterocycles. The molecule has 3 aromatic heterocycles. The van der Waals surface area contributed by atoms with Crippen LogP contribution in [0.4, 0.5) is 0 Å². The minimum absolute atomic E-state index is 0.0255. The van der Waals surface area contributed by atoms with Crippen LogP contribution in [0.5, 0.6) is 0 Å². The van der Waals surface area contributed by atoms with Gasteiger partial charge in [0.05, 0.1) is 25.3 Å². The zero-order chi connectivity index (χ0) is 31.2. The molecule has 43 heavy (non-hydrogen) atoms. The lowest BCUT2D eigenvalue weighted by Crippen LogP contribution is -2.09. The second-order valence-corrected chi connectivity index (χ2v) is 11.9. The molecule has 8 nitrogen and oxygen atoms in total. The van der Waals surface area contributed by atoms with Crippen molar-refractivity contribution in [1.29, 1.82) is 0 Å². The SMILES string of the molecule is C=Cc1c(C)c2cc3nc(c(C)c4[nH]c(cc5nc(cc1[nH]2)C(C)C5CC)c(C)c4C(=O)OC)[C@H](CCC(=O)OC)[C@H]3C. The standard InChI is InChI=1S/C35H42N4O4/c1-10-22-17(3)25-14-27-19(5)24(12-13-31(40)42-8)33(38-27)21(7)34-32(35(41)43-9)20(6)28(39-34)16-30-23(11-2)18(4)26(37-30)15-29(22)36-25/h10,14-16,18-19,23-24,36,39H,1,11-13H2,2-9H3/t18?,19-,23?,24-/m1/s1. The van der Waals surface area contributed by atoms with E-state index in [2.05, 4.69) is 62.4 Å². The summed E-state index contributed by atoms with van der Waals surface area (Å²) in [6.45, 7) is 16.7. The van der Waals surface area contributed by atoms with Crippen molar-refractivity contribution in [2.45, 2.75) is 84.5 Å². The van der Waals surface area contributed by atoms with E-state index in [0.717, 1.165) is 68.0 Å². The fraction of sp³-hybridized carbons (Fsp3) is 0.429. The van der Waals surface area contributed by atoms with Crippen LogP contribution in [0.25, 0.3) is 28.1 Å². The number of aryl methyl sites for hydroxylation is 3. The summed E-state index contributed by atoms with van der Waals surface area (Å²) in [7, 11) is 2.81. The molecule has 0 fully saturated rings. The van der Waals surface area contributed by atoms with Crippen molar-refractivity contribution in [1.82, 2.24) is 19.9 Å². The topological polar surface area (TPSA) is 110 Å². The first kappa shape index (κ1) is 30.3. The number of rotatable bonds is 6. The summed E-state index contributed by atoms with van der Waals surface area (Å²) < 4.78 is 10.2. The average Bonchev–Trinajstić information content (AvgIpc) is 3.68. The molecule has 3 aromatic rings. The van der Waals surface area contributed by atoms with Crippen molar-refractivity contribution in [2.75, 3.05) is 14.2 Å². The maximum absolute atomic E-state index is 13.2. The van der Waals surface area contributed by atoms with E-state index in [-0.39, 0.29) is 36.1 Å². The molecule has 5 rings (SSSR count). The molecule has 0 saturated carbocycles. The maximum atomic E-state index is 13.2. The minimum atomic E-state index is -0.408. The Morgan fingerprint density at radius 3 is 2.14 bits per heavy atom. The van der Waals surface area contributed by atoms with E-state index in [1.807, 2.05) is 19.9 Å². The number of aromatic amines is 2. The van der Waals surface area contributed by atoms with E-state index in [0.29, 0.717) is 17.5 Å². The van der Waals surface area contributed by atoms with Crippen LogP contribution in [0.2, 0.25) is 0 Å². The van der Waals surface area contributed by atoms with Crippen molar-refractivity contribution in [3.63, 3.8) is 0 Å². The Morgan fingerprint density at radius 2 is 1.49 bits per heavy atom. The lowest BCUT2D eigenvalue weighted by atomic mass is 9.86. The number of hydrogen-bond acceptors (Lipinski definition) is 6. The summed E-state index contributed by atoms with van der Waals surface area (Å²) in [5.41, 5.74) is 11.5. The summed E-state index contributed by atoms with van der Waals surface area (Å²) in [6.07, 6.45) is 3.67. The van der Waals surface area contributed by atoms with Crippen molar-refractivity contribution in [3.05, 3.63) is 75.4 Å². The van der Waals surface area contributed by atoms with Gasteiger partial charge in [-0.15, -0.1) is 0 Å². The van der Waals surface area contributed by atoms with Crippen LogP contribution in [-0.2, 0) is 14.3 Å². The van der Waals surface area contributed by atoms with Crippen molar-refractivity contribution in [2.24, 2.45) is 0 Å². The number of ether oxygens (including phenoxy) is 2. The fourth-order valence-corrected chi connectivity index (χ4v) is 6.86. The number of H-pyrrole nitrogens is 2. The molecular weight excluding hydrogens is 540 g/mol. The largest absolute Gasteiger partial charge is 0.469 e. The number of nitrogens with zero attached hydrogens (tertiary/aromatic N) is 2. The van der Waals surface area contributed by atoms with Gasteiger partial charge in [0, 0.05) is 75.0 Å². The summed E-state index contributed by atoms with van der Waals surface area (Å²) in [4.78, 5) is 42.9. The highest BCUT2D eigenvalue weighted by Crippen LogP contribution is 2.43. The number of fused-ring (bicyclic) bond motifs is 8. The number of methoxy groups -OCH3 is 2. The zero-order valence-electron chi connectivity index (χ0n) is 26.5. The Bertz CT molecular complexity index is 1780.